The summed E-state index contributed by atoms with van der Waals surface area (Å²) in [7, 11) is 10.3. The second-order valence-corrected chi connectivity index (χ2v) is 7.51. The number of hydrogen-bond acceptors (Lipinski definition) is 4. The SMILES string of the molecule is CN(C)c1ccc(C(c2ccc(N(C)C)cc2)N(C)c2cccc(O)c2)cc1. The van der Waals surface area contributed by atoms with Crippen molar-refractivity contribution in [1.29, 1.82) is 0 Å². The Hall–Kier alpha value is -3.14. The number of phenols is 1. The van der Waals surface area contributed by atoms with E-state index < -0.39 is 0 Å². The molecule has 28 heavy (non-hydrogen) atoms. The van der Waals surface area contributed by atoms with Crippen molar-refractivity contribution in [1.82, 2.24) is 0 Å². The monoisotopic (exact) mass is 375 g/mol. The summed E-state index contributed by atoms with van der Waals surface area (Å²) in [6, 6.07) is 24.7. The Morgan fingerprint density at radius 3 is 1.46 bits per heavy atom. The molecule has 0 spiro atoms. The molecule has 0 unspecified atom stereocenters. The number of benzene rings is 3. The Labute approximate surface area is 168 Å². The molecule has 0 atom stereocenters. The minimum absolute atomic E-state index is 0.0363. The average molecular weight is 376 g/mol. The summed E-state index contributed by atoms with van der Waals surface area (Å²) >= 11 is 0. The highest BCUT2D eigenvalue weighted by molar-refractivity contribution is 5.57. The van der Waals surface area contributed by atoms with E-state index >= 15 is 0 Å². The van der Waals surface area contributed by atoms with Gasteiger partial charge in [0.2, 0.25) is 0 Å². The lowest BCUT2D eigenvalue weighted by Gasteiger charge is -2.32. The molecule has 0 radical (unpaired) electrons. The first-order chi connectivity index (χ1) is 13.4. The van der Waals surface area contributed by atoms with Gasteiger partial charge >= 0.3 is 0 Å². The molecule has 0 fully saturated rings. The molecular formula is C24H29N3O. The zero-order chi connectivity index (χ0) is 20.3. The molecule has 146 valence electrons. The molecule has 0 heterocycles. The molecule has 0 aromatic heterocycles. The molecule has 0 bridgehead atoms. The molecule has 0 saturated carbocycles. The highest BCUT2D eigenvalue weighted by Gasteiger charge is 2.20. The molecule has 0 aliphatic heterocycles. The Bertz CT molecular complexity index is 850. The highest BCUT2D eigenvalue weighted by Crippen LogP contribution is 2.34. The minimum atomic E-state index is 0.0363. The van der Waals surface area contributed by atoms with E-state index in [1.54, 1.807) is 12.1 Å². The van der Waals surface area contributed by atoms with Crippen molar-refractivity contribution in [2.45, 2.75) is 6.04 Å². The van der Waals surface area contributed by atoms with Gasteiger partial charge in [-0.3, -0.25) is 0 Å². The van der Waals surface area contributed by atoms with Gasteiger partial charge in [0.25, 0.3) is 0 Å². The van der Waals surface area contributed by atoms with Crippen LogP contribution in [-0.4, -0.2) is 40.3 Å². The van der Waals surface area contributed by atoms with Crippen LogP contribution in [0.2, 0.25) is 0 Å². The van der Waals surface area contributed by atoms with Crippen LogP contribution in [0.4, 0.5) is 17.1 Å². The number of anilines is 3. The lowest BCUT2D eigenvalue weighted by molar-refractivity contribution is 0.475. The van der Waals surface area contributed by atoms with Crippen LogP contribution in [0.5, 0.6) is 5.75 Å². The van der Waals surface area contributed by atoms with Gasteiger partial charge in [-0.1, -0.05) is 30.3 Å². The molecule has 0 aliphatic rings. The van der Waals surface area contributed by atoms with Crippen LogP contribution < -0.4 is 14.7 Å². The molecule has 0 saturated heterocycles. The number of rotatable bonds is 6. The van der Waals surface area contributed by atoms with Crippen LogP contribution in [0.25, 0.3) is 0 Å². The van der Waals surface area contributed by atoms with Gasteiger partial charge in [0, 0.05) is 58.4 Å². The molecule has 0 amide bonds. The van der Waals surface area contributed by atoms with Crippen LogP contribution in [0.3, 0.4) is 0 Å². The molecule has 1 N–H and O–H groups in total. The Morgan fingerprint density at radius 2 is 1.07 bits per heavy atom. The standard InChI is InChI=1S/C24H29N3O/c1-25(2)20-13-9-18(10-14-20)24(19-11-15-21(16-12-19)26(3)4)27(5)22-7-6-8-23(28)17-22/h6-17,24,28H,1-5H3. The van der Waals surface area contributed by atoms with E-state index in [4.69, 9.17) is 0 Å². The maximum Gasteiger partial charge on any atom is 0.117 e. The van der Waals surface area contributed by atoms with Crippen molar-refractivity contribution < 1.29 is 5.11 Å². The van der Waals surface area contributed by atoms with Crippen LogP contribution in [-0.2, 0) is 0 Å². The maximum atomic E-state index is 9.94. The summed E-state index contributed by atoms with van der Waals surface area (Å²) in [5.74, 6) is 0.272. The summed E-state index contributed by atoms with van der Waals surface area (Å²) in [6.45, 7) is 0. The number of aromatic hydroxyl groups is 1. The van der Waals surface area contributed by atoms with Gasteiger partial charge in [-0.15, -0.1) is 0 Å². The van der Waals surface area contributed by atoms with E-state index in [-0.39, 0.29) is 11.8 Å². The third kappa shape index (κ3) is 4.22. The average Bonchev–Trinajstić information content (AvgIpc) is 2.69. The second kappa shape index (κ2) is 8.26. The van der Waals surface area contributed by atoms with Gasteiger partial charge < -0.3 is 19.8 Å². The highest BCUT2D eigenvalue weighted by atomic mass is 16.3. The van der Waals surface area contributed by atoms with E-state index in [0.717, 1.165) is 5.69 Å². The number of nitrogens with zero attached hydrogens (tertiary/aromatic N) is 3. The lowest BCUT2D eigenvalue weighted by Crippen LogP contribution is -2.25. The third-order valence-corrected chi connectivity index (χ3v) is 5.07. The zero-order valence-corrected chi connectivity index (χ0v) is 17.3. The summed E-state index contributed by atoms with van der Waals surface area (Å²) in [5, 5.41) is 9.94. The van der Waals surface area contributed by atoms with Crippen molar-refractivity contribution in [2.24, 2.45) is 0 Å². The van der Waals surface area contributed by atoms with Crippen LogP contribution in [0.1, 0.15) is 17.2 Å². The summed E-state index contributed by atoms with van der Waals surface area (Å²) < 4.78 is 0. The molecule has 0 aliphatic carbocycles. The largest absolute Gasteiger partial charge is 0.508 e. The molecule has 3 rings (SSSR count). The van der Waals surface area contributed by atoms with E-state index in [1.807, 2.05) is 40.3 Å². The molecule has 3 aromatic rings. The summed E-state index contributed by atoms with van der Waals surface area (Å²) in [4.78, 5) is 6.41. The van der Waals surface area contributed by atoms with Gasteiger partial charge in [0.15, 0.2) is 0 Å². The fourth-order valence-corrected chi connectivity index (χ4v) is 3.41. The van der Waals surface area contributed by atoms with Gasteiger partial charge in [0.05, 0.1) is 6.04 Å². The molecule has 4 nitrogen and oxygen atoms in total. The van der Waals surface area contributed by atoms with Crippen molar-refractivity contribution >= 4 is 17.1 Å². The fourth-order valence-electron chi connectivity index (χ4n) is 3.41. The second-order valence-electron chi connectivity index (χ2n) is 7.51. The minimum Gasteiger partial charge on any atom is -0.508 e. The first-order valence-corrected chi connectivity index (χ1v) is 9.43. The summed E-state index contributed by atoms with van der Waals surface area (Å²) in [5.41, 5.74) is 5.72. The smallest absolute Gasteiger partial charge is 0.117 e. The van der Waals surface area contributed by atoms with E-state index in [1.165, 1.54) is 22.5 Å². The van der Waals surface area contributed by atoms with E-state index in [2.05, 4.69) is 70.3 Å². The lowest BCUT2D eigenvalue weighted by atomic mass is 9.96. The topological polar surface area (TPSA) is 30.0 Å². The van der Waals surface area contributed by atoms with Crippen LogP contribution >= 0.6 is 0 Å². The Kier molecular flexibility index (Phi) is 5.78. The van der Waals surface area contributed by atoms with Gasteiger partial charge in [0.1, 0.15) is 5.75 Å². The van der Waals surface area contributed by atoms with Crippen molar-refractivity contribution in [2.75, 3.05) is 49.9 Å². The summed E-state index contributed by atoms with van der Waals surface area (Å²) in [6.07, 6.45) is 0. The predicted molar refractivity (Wildman–Crippen MR) is 120 cm³/mol. The Morgan fingerprint density at radius 1 is 0.607 bits per heavy atom. The quantitative estimate of drug-likeness (QED) is 0.673. The number of hydrogen-bond donors (Lipinski definition) is 1. The first-order valence-electron chi connectivity index (χ1n) is 9.43. The fraction of sp³-hybridized carbons (Fsp3) is 0.250. The van der Waals surface area contributed by atoms with Crippen molar-refractivity contribution in [3.63, 3.8) is 0 Å². The normalized spacial score (nSPS) is 10.8. The van der Waals surface area contributed by atoms with Crippen LogP contribution in [0, 0.1) is 0 Å². The number of phenolic OH excluding ortho intramolecular Hbond substituents is 1. The molecule has 3 aromatic carbocycles. The van der Waals surface area contributed by atoms with Crippen molar-refractivity contribution in [3.8, 4) is 5.75 Å². The molecular weight excluding hydrogens is 346 g/mol. The predicted octanol–water partition coefficient (Wildman–Crippen LogP) is 4.75. The van der Waals surface area contributed by atoms with Gasteiger partial charge in [-0.2, -0.15) is 0 Å². The van der Waals surface area contributed by atoms with E-state index in [0.29, 0.717) is 0 Å². The van der Waals surface area contributed by atoms with E-state index in [9.17, 15) is 5.11 Å². The van der Waals surface area contributed by atoms with Crippen LogP contribution in [0.15, 0.2) is 72.8 Å². The Balaban J connectivity index is 2.04. The van der Waals surface area contributed by atoms with Crippen molar-refractivity contribution in [3.05, 3.63) is 83.9 Å². The first kappa shape index (κ1) is 19.6. The van der Waals surface area contributed by atoms with Gasteiger partial charge in [-0.25, -0.2) is 0 Å². The zero-order valence-electron chi connectivity index (χ0n) is 17.3. The maximum absolute atomic E-state index is 9.94. The molecule has 4 heteroatoms. The van der Waals surface area contributed by atoms with Gasteiger partial charge in [-0.05, 0) is 47.5 Å². The third-order valence-electron chi connectivity index (χ3n) is 5.07.